The first-order valence-corrected chi connectivity index (χ1v) is 9.90. The first kappa shape index (κ1) is 21.1. The lowest BCUT2D eigenvalue weighted by molar-refractivity contribution is -0.132. The van der Waals surface area contributed by atoms with Gasteiger partial charge in [-0.3, -0.25) is 9.69 Å². The zero-order valence-electron chi connectivity index (χ0n) is 16.7. The molecule has 7 heteroatoms. The van der Waals surface area contributed by atoms with Gasteiger partial charge in [-0.15, -0.1) is 0 Å². The van der Waals surface area contributed by atoms with E-state index in [4.69, 9.17) is 16.3 Å². The zero-order chi connectivity index (χ0) is 21.2. The Bertz CT molecular complexity index is 900. The highest BCUT2D eigenvalue weighted by molar-refractivity contribution is 6.30. The minimum absolute atomic E-state index is 0.0293. The number of para-hydroxylation sites is 1. The Kier molecular flexibility index (Phi) is 6.15. The third kappa shape index (κ3) is 4.38. The number of urea groups is 1. The van der Waals surface area contributed by atoms with Crippen molar-refractivity contribution in [3.8, 4) is 5.75 Å². The number of benzene rings is 2. The second-order valence-electron chi connectivity index (χ2n) is 7.64. The van der Waals surface area contributed by atoms with Gasteiger partial charge in [-0.2, -0.15) is 0 Å². The number of carbonyl (C=O) groups is 2. The summed E-state index contributed by atoms with van der Waals surface area (Å²) in [6.45, 7) is 5.57. The second kappa shape index (κ2) is 8.43. The van der Waals surface area contributed by atoms with E-state index in [1.54, 1.807) is 31.2 Å². The fraction of sp³-hybridized carbons (Fsp3) is 0.364. The standard InChI is InChI=1S/C22H25ClN2O4/c1-14(2)18-6-4-5-7-19(18)29-13-17(26)12-25-20(27)22(3,24-21(25)28)15-8-10-16(23)11-9-15/h4-11,14,17,26H,12-13H2,1-3H3,(H,24,28)/t17-,22-/m1/s1. The van der Waals surface area contributed by atoms with E-state index in [0.29, 0.717) is 16.3 Å². The van der Waals surface area contributed by atoms with Crippen molar-refractivity contribution in [3.63, 3.8) is 0 Å². The number of hydrogen-bond acceptors (Lipinski definition) is 4. The van der Waals surface area contributed by atoms with Gasteiger partial charge in [-0.1, -0.05) is 55.8 Å². The number of nitrogens with one attached hydrogen (secondary N) is 1. The number of β-amino-alcohol motifs (C(OH)–C–C–N with tert-alkyl or cyclic N) is 1. The normalized spacial score (nSPS) is 20.1. The lowest BCUT2D eigenvalue weighted by Gasteiger charge is -2.23. The van der Waals surface area contributed by atoms with Crippen molar-refractivity contribution in [2.75, 3.05) is 13.2 Å². The highest BCUT2D eigenvalue weighted by Crippen LogP contribution is 2.30. The van der Waals surface area contributed by atoms with Crippen molar-refractivity contribution >= 4 is 23.5 Å². The molecule has 2 atom stereocenters. The number of imide groups is 1. The predicted molar refractivity (Wildman–Crippen MR) is 111 cm³/mol. The van der Waals surface area contributed by atoms with E-state index in [-0.39, 0.29) is 19.1 Å². The number of rotatable bonds is 7. The van der Waals surface area contributed by atoms with Gasteiger partial charge in [0, 0.05) is 5.02 Å². The smallest absolute Gasteiger partial charge is 0.325 e. The maximum absolute atomic E-state index is 12.9. The highest BCUT2D eigenvalue weighted by Gasteiger charge is 2.49. The molecule has 1 heterocycles. The number of nitrogens with zero attached hydrogens (tertiary/aromatic N) is 1. The lowest BCUT2D eigenvalue weighted by Crippen LogP contribution is -2.42. The molecule has 1 saturated heterocycles. The monoisotopic (exact) mass is 416 g/mol. The van der Waals surface area contributed by atoms with E-state index >= 15 is 0 Å². The van der Waals surface area contributed by atoms with Crippen molar-refractivity contribution in [1.82, 2.24) is 10.2 Å². The Morgan fingerprint density at radius 3 is 2.45 bits per heavy atom. The Morgan fingerprint density at radius 1 is 1.14 bits per heavy atom. The number of carbonyl (C=O) groups excluding carboxylic acids is 2. The van der Waals surface area contributed by atoms with Crippen molar-refractivity contribution in [1.29, 1.82) is 0 Å². The van der Waals surface area contributed by atoms with Gasteiger partial charge in [0.25, 0.3) is 5.91 Å². The summed E-state index contributed by atoms with van der Waals surface area (Å²) >= 11 is 5.91. The zero-order valence-corrected chi connectivity index (χ0v) is 17.4. The molecule has 0 aromatic heterocycles. The molecule has 29 heavy (non-hydrogen) atoms. The van der Waals surface area contributed by atoms with Gasteiger partial charge in [0.2, 0.25) is 0 Å². The fourth-order valence-electron chi connectivity index (χ4n) is 3.38. The first-order valence-electron chi connectivity index (χ1n) is 9.52. The molecular formula is C22H25ClN2O4. The number of aliphatic hydroxyl groups is 1. The summed E-state index contributed by atoms with van der Waals surface area (Å²) in [7, 11) is 0. The van der Waals surface area contributed by atoms with Crippen LogP contribution >= 0.6 is 11.6 Å². The van der Waals surface area contributed by atoms with Crippen LogP contribution in [0, 0.1) is 0 Å². The molecular weight excluding hydrogens is 392 g/mol. The molecule has 0 radical (unpaired) electrons. The Balaban J connectivity index is 1.66. The van der Waals surface area contributed by atoms with Gasteiger partial charge in [0.1, 0.15) is 24.0 Å². The summed E-state index contributed by atoms with van der Waals surface area (Å²) < 4.78 is 5.76. The number of halogens is 1. The highest BCUT2D eigenvalue weighted by atomic mass is 35.5. The molecule has 2 aromatic carbocycles. The minimum atomic E-state index is -1.20. The van der Waals surface area contributed by atoms with Crippen LogP contribution in [0.3, 0.4) is 0 Å². The molecule has 0 saturated carbocycles. The number of aliphatic hydroxyl groups excluding tert-OH is 1. The van der Waals surface area contributed by atoms with Gasteiger partial charge in [-0.25, -0.2) is 4.79 Å². The van der Waals surface area contributed by atoms with Crippen LogP contribution < -0.4 is 10.1 Å². The average Bonchev–Trinajstić information content (AvgIpc) is 2.91. The maximum atomic E-state index is 12.9. The molecule has 3 amide bonds. The van der Waals surface area contributed by atoms with Crippen LogP contribution in [0.1, 0.15) is 37.8 Å². The van der Waals surface area contributed by atoms with E-state index in [1.807, 2.05) is 24.3 Å². The van der Waals surface area contributed by atoms with Crippen molar-refractivity contribution in [3.05, 3.63) is 64.7 Å². The van der Waals surface area contributed by atoms with Crippen LogP contribution in [-0.2, 0) is 10.3 Å². The summed E-state index contributed by atoms with van der Waals surface area (Å²) in [6, 6.07) is 13.8. The lowest BCUT2D eigenvalue weighted by atomic mass is 9.92. The molecule has 6 nitrogen and oxygen atoms in total. The van der Waals surface area contributed by atoms with Crippen LogP contribution in [0.2, 0.25) is 5.02 Å². The number of ether oxygens (including phenoxy) is 1. The summed E-state index contributed by atoms with van der Waals surface area (Å²) in [5.74, 6) is 0.533. The van der Waals surface area contributed by atoms with Gasteiger partial charge in [0.05, 0.1) is 6.54 Å². The van der Waals surface area contributed by atoms with Crippen molar-refractivity contribution in [2.45, 2.75) is 38.3 Å². The molecule has 0 unspecified atom stereocenters. The van der Waals surface area contributed by atoms with Gasteiger partial charge in [-0.05, 0) is 42.2 Å². The summed E-state index contributed by atoms with van der Waals surface area (Å²) in [5.41, 5.74) is 0.455. The van der Waals surface area contributed by atoms with Crippen LogP contribution in [0.5, 0.6) is 5.75 Å². The molecule has 1 aliphatic rings. The Morgan fingerprint density at radius 2 is 1.79 bits per heavy atom. The van der Waals surface area contributed by atoms with Crippen LogP contribution in [0.15, 0.2) is 48.5 Å². The largest absolute Gasteiger partial charge is 0.491 e. The number of amides is 3. The molecule has 3 rings (SSSR count). The summed E-state index contributed by atoms with van der Waals surface area (Å²) in [6.07, 6.45) is -1.02. The third-order valence-electron chi connectivity index (χ3n) is 5.06. The molecule has 154 valence electrons. The predicted octanol–water partition coefficient (Wildman–Crippen LogP) is 3.67. The molecule has 1 aliphatic heterocycles. The molecule has 0 bridgehead atoms. The SMILES string of the molecule is CC(C)c1ccccc1OC[C@H](O)CN1C(=O)N[C@](C)(c2ccc(Cl)cc2)C1=O. The fourth-order valence-corrected chi connectivity index (χ4v) is 3.51. The average molecular weight is 417 g/mol. The topological polar surface area (TPSA) is 78.9 Å². The van der Waals surface area contributed by atoms with Crippen LogP contribution in [0.4, 0.5) is 4.79 Å². The maximum Gasteiger partial charge on any atom is 0.325 e. The summed E-state index contributed by atoms with van der Waals surface area (Å²) in [5, 5.41) is 13.7. The van der Waals surface area contributed by atoms with Gasteiger partial charge < -0.3 is 15.2 Å². The Hall–Kier alpha value is -2.57. The van der Waals surface area contributed by atoms with Crippen molar-refractivity contribution in [2.24, 2.45) is 0 Å². The van der Waals surface area contributed by atoms with Gasteiger partial charge in [0.15, 0.2) is 0 Å². The first-order chi connectivity index (χ1) is 13.7. The third-order valence-corrected chi connectivity index (χ3v) is 5.31. The van der Waals surface area contributed by atoms with E-state index in [2.05, 4.69) is 19.2 Å². The van der Waals surface area contributed by atoms with Crippen LogP contribution in [0.25, 0.3) is 0 Å². The Labute approximate surface area is 175 Å². The van der Waals surface area contributed by atoms with E-state index in [1.165, 1.54) is 0 Å². The summed E-state index contributed by atoms with van der Waals surface area (Å²) in [4.78, 5) is 26.4. The van der Waals surface area contributed by atoms with Crippen LogP contribution in [-0.4, -0.2) is 41.2 Å². The van der Waals surface area contributed by atoms with Crippen molar-refractivity contribution < 1.29 is 19.4 Å². The second-order valence-corrected chi connectivity index (χ2v) is 8.07. The molecule has 0 aliphatic carbocycles. The molecule has 0 spiro atoms. The molecule has 2 N–H and O–H groups in total. The van der Waals surface area contributed by atoms with E-state index < -0.39 is 23.6 Å². The van der Waals surface area contributed by atoms with Gasteiger partial charge >= 0.3 is 6.03 Å². The minimum Gasteiger partial charge on any atom is -0.491 e. The van der Waals surface area contributed by atoms with E-state index in [0.717, 1.165) is 10.5 Å². The number of hydrogen-bond donors (Lipinski definition) is 2. The molecule has 2 aromatic rings. The molecule has 1 fully saturated rings. The quantitative estimate of drug-likeness (QED) is 0.675. The van der Waals surface area contributed by atoms with E-state index in [9.17, 15) is 14.7 Å².